The maximum Gasteiger partial charge on any atom is 0.293 e. The Kier molecular flexibility index (Phi) is 3.84. The van der Waals surface area contributed by atoms with Crippen LogP contribution in [-0.4, -0.2) is 22.6 Å². The predicted molar refractivity (Wildman–Crippen MR) is 70.7 cm³/mol. The summed E-state index contributed by atoms with van der Waals surface area (Å²) in [6.45, 7) is 3.75. The van der Waals surface area contributed by atoms with Gasteiger partial charge < -0.3 is 4.42 Å². The molecule has 1 aliphatic rings. The van der Waals surface area contributed by atoms with Crippen LogP contribution in [-0.2, 0) is 4.79 Å². The van der Waals surface area contributed by atoms with Crippen LogP contribution in [0.1, 0.15) is 5.76 Å². The fourth-order valence-corrected chi connectivity index (χ4v) is 2.22. The lowest BCUT2D eigenvalue weighted by atomic mass is 10.3. The molecule has 0 unspecified atom stereocenters. The van der Waals surface area contributed by atoms with E-state index in [4.69, 9.17) is 4.42 Å². The average molecular weight is 261 g/mol. The monoisotopic (exact) mass is 261 g/mol. The third-order valence-electron chi connectivity index (χ3n) is 2.24. The Balaban J connectivity index is 2.08. The van der Waals surface area contributed by atoms with Crippen molar-refractivity contribution in [1.82, 2.24) is 4.90 Å². The van der Waals surface area contributed by atoms with Crippen molar-refractivity contribution in [3.05, 3.63) is 53.9 Å². The molecule has 1 fully saturated rings. The molecule has 0 radical (unpaired) electrons. The highest BCUT2D eigenvalue weighted by Gasteiger charge is 2.33. The molecule has 2 amide bonds. The molecule has 0 saturated carbocycles. The molecule has 18 heavy (non-hydrogen) atoms. The van der Waals surface area contributed by atoms with E-state index in [1.165, 1.54) is 6.08 Å². The number of furan rings is 1. The summed E-state index contributed by atoms with van der Waals surface area (Å²) in [4.78, 5) is 24.9. The summed E-state index contributed by atoms with van der Waals surface area (Å²) in [5.74, 6) is 0.408. The van der Waals surface area contributed by atoms with E-state index >= 15 is 0 Å². The van der Waals surface area contributed by atoms with Gasteiger partial charge in [-0.3, -0.25) is 14.5 Å². The molecule has 0 atom stereocenters. The Hall–Kier alpha value is -2.01. The summed E-state index contributed by atoms with van der Waals surface area (Å²) in [7, 11) is 0. The van der Waals surface area contributed by atoms with Crippen molar-refractivity contribution in [1.29, 1.82) is 0 Å². The van der Waals surface area contributed by atoms with E-state index in [1.54, 1.807) is 36.6 Å². The van der Waals surface area contributed by atoms with Crippen molar-refractivity contribution in [3.8, 4) is 0 Å². The number of imide groups is 1. The zero-order valence-electron chi connectivity index (χ0n) is 9.54. The summed E-state index contributed by atoms with van der Waals surface area (Å²) in [5, 5.41) is -0.266. The van der Waals surface area contributed by atoms with Crippen molar-refractivity contribution in [2.24, 2.45) is 0 Å². The molecule has 2 rings (SSSR count). The van der Waals surface area contributed by atoms with E-state index in [9.17, 15) is 9.59 Å². The highest BCUT2D eigenvalue weighted by molar-refractivity contribution is 8.18. The van der Waals surface area contributed by atoms with Gasteiger partial charge in [0.1, 0.15) is 5.76 Å². The number of thioether (sulfide) groups is 1. The van der Waals surface area contributed by atoms with Crippen molar-refractivity contribution in [2.75, 3.05) is 6.54 Å². The molecule has 0 aliphatic carbocycles. The standard InChI is InChI=1S/C13H11NO3S/c1-2-8-14-12(15)11(18-13(14)16)7-3-5-10-6-4-9-17-10/h2-7,9H,1,8H2/b5-3+,11-7+. The second-order valence-corrected chi connectivity index (χ2v) is 4.47. The molecular formula is C13H11NO3S. The first-order valence-corrected chi connectivity index (χ1v) is 6.10. The molecule has 4 nitrogen and oxygen atoms in total. The molecule has 0 N–H and O–H groups in total. The minimum absolute atomic E-state index is 0.240. The van der Waals surface area contributed by atoms with Crippen LogP contribution < -0.4 is 0 Å². The Morgan fingerprint density at radius 1 is 1.44 bits per heavy atom. The van der Waals surface area contributed by atoms with Gasteiger partial charge in [-0.1, -0.05) is 12.2 Å². The van der Waals surface area contributed by atoms with Gasteiger partial charge >= 0.3 is 0 Å². The molecule has 92 valence electrons. The number of amides is 2. The molecule has 2 heterocycles. The molecule has 0 bridgehead atoms. The minimum Gasteiger partial charge on any atom is -0.465 e. The van der Waals surface area contributed by atoms with Crippen LogP contribution in [0.4, 0.5) is 4.79 Å². The number of rotatable bonds is 4. The Bertz CT molecular complexity index is 528. The van der Waals surface area contributed by atoms with E-state index in [2.05, 4.69) is 6.58 Å². The first-order chi connectivity index (χ1) is 8.72. The average Bonchev–Trinajstić information content (AvgIpc) is 2.94. The van der Waals surface area contributed by atoms with E-state index in [0.29, 0.717) is 10.7 Å². The summed E-state index contributed by atoms with van der Waals surface area (Å²) >= 11 is 0.928. The first kappa shape index (κ1) is 12.4. The van der Waals surface area contributed by atoms with Crippen molar-refractivity contribution in [3.63, 3.8) is 0 Å². The number of carbonyl (C=O) groups excluding carboxylic acids is 2. The van der Waals surface area contributed by atoms with Crippen LogP contribution >= 0.6 is 11.8 Å². The smallest absolute Gasteiger partial charge is 0.293 e. The van der Waals surface area contributed by atoms with E-state index in [-0.39, 0.29) is 17.7 Å². The van der Waals surface area contributed by atoms with Crippen LogP contribution in [0.5, 0.6) is 0 Å². The fraction of sp³-hybridized carbons (Fsp3) is 0.0769. The van der Waals surface area contributed by atoms with Gasteiger partial charge in [0.05, 0.1) is 11.2 Å². The molecular weight excluding hydrogens is 250 g/mol. The highest BCUT2D eigenvalue weighted by Crippen LogP contribution is 2.30. The summed E-state index contributed by atoms with van der Waals surface area (Å²) in [6.07, 6.45) is 8.11. The molecule has 1 aromatic heterocycles. The molecule has 5 heteroatoms. The van der Waals surface area contributed by atoms with Crippen LogP contribution in [0.25, 0.3) is 6.08 Å². The molecule has 1 aliphatic heterocycles. The maximum atomic E-state index is 11.8. The van der Waals surface area contributed by atoms with Crippen molar-refractivity contribution in [2.45, 2.75) is 0 Å². The van der Waals surface area contributed by atoms with Gasteiger partial charge in [-0.25, -0.2) is 0 Å². The van der Waals surface area contributed by atoms with E-state index in [0.717, 1.165) is 16.7 Å². The highest BCUT2D eigenvalue weighted by atomic mass is 32.2. The molecule has 0 spiro atoms. The molecule has 1 saturated heterocycles. The van der Waals surface area contributed by atoms with Gasteiger partial charge in [0.2, 0.25) is 0 Å². The van der Waals surface area contributed by atoms with E-state index in [1.807, 2.05) is 0 Å². The van der Waals surface area contributed by atoms with Crippen LogP contribution in [0.3, 0.4) is 0 Å². The number of carbonyl (C=O) groups is 2. The Morgan fingerprint density at radius 2 is 2.28 bits per heavy atom. The minimum atomic E-state index is -0.283. The van der Waals surface area contributed by atoms with Gasteiger partial charge in [0.15, 0.2) is 0 Å². The van der Waals surface area contributed by atoms with Gasteiger partial charge in [-0.05, 0) is 36.0 Å². The lowest BCUT2D eigenvalue weighted by molar-refractivity contribution is -0.122. The third kappa shape index (κ3) is 2.62. The Morgan fingerprint density at radius 3 is 2.94 bits per heavy atom. The largest absolute Gasteiger partial charge is 0.465 e. The number of allylic oxidation sites excluding steroid dienone is 2. The maximum absolute atomic E-state index is 11.8. The zero-order valence-corrected chi connectivity index (χ0v) is 10.4. The molecule has 1 aromatic rings. The van der Waals surface area contributed by atoms with Crippen molar-refractivity contribution < 1.29 is 14.0 Å². The van der Waals surface area contributed by atoms with Gasteiger partial charge in [-0.2, -0.15) is 0 Å². The SMILES string of the molecule is C=CCN1C(=O)S/C(=C/C=C/c2ccco2)C1=O. The molecule has 0 aromatic carbocycles. The quantitative estimate of drug-likeness (QED) is 0.617. The topological polar surface area (TPSA) is 50.5 Å². The summed E-state index contributed by atoms with van der Waals surface area (Å²) < 4.78 is 5.11. The second-order valence-electron chi connectivity index (χ2n) is 3.48. The van der Waals surface area contributed by atoms with Gasteiger partial charge in [0, 0.05) is 6.54 Å². The number of hydrogen-bond acceptors (Lipinski definition) is 4. The summed E-state index contributed by atoms with van der Waals surface area (Å²) in [5.41, 5.74) is 0. The van der Waals surface area contributed by atoms with Gasteiger partial charge in [0.25, 0.3) is 11.1 Å². The van der Waals surface area contributed by atoms with Gasteiger partial charge in [-0.15, -0.1) is 6.58 Å². The lowest BCUT2D eigenvalue weighted by Crippen LogP contribution is -2.27. The fourth-order valence-electron chi connectivity index (χ4n) is 1.42. The zero-order chi connectivity index (χ0) is 13.0. The number of nitrogens with zero attached hydrogens (tertiary/aromatic N) is 1. The van der Waals surface area contributed by atoms with Crippen LogP contribution in [0, 0.1) is 0 Å². The summed E-state index contributed by atoms with van der Waals surface area (Å²) in [6, 6.07) is 3.57. The third-order valence-corrected chi connectivity index (χ3v) is 3.16. The number of hydrogen-bond donors (Lipinski definition) is 0. The van der Waals surface area contributed by atoms with E-state index < -0.39 is 0 Å². The second kappa shape index (κ2) is 5.55. The van der Waals surface area contributed by atoms with Crippen molar-refractivity contribution >= 4 is 29.0 Å². The predicted octanol–water partition coefficient (Wildman–Crippen LogP) is 3.06. The normalized spacial score (nSPS) is 18.2. The lowest BCUT2D eigenvalue weighted by Gasteiger charge is -2.07. The Labute approximate surface area is 109 Å². The van der Waals surface area contributed by atoms with Crippen LogP contribution in [0.2, 0.25) is 0 Å². The van der Waals surface area contributed by atoms with Crippen LogP contribution in [0.15, 0.2) is 52.5 Å². The first-order valence-electron chi connectivity index (χ1n) is 5.29.